The molecule has 0 fully saturated rings. The van der Waals surface area contributed by atoms with E-state index in [0.29, 0.717) is 5.75 Å². The minimum absolute atomic E-state index is 0.0355. The minimum Gasteiger partial charge on any atom is -0.484 e. The van der Waals surface area contributed by atoms with Crippen LogP contribution >= 0.6 is 11.6 Å². The van der Waals surface area contributed by atoms with Crippen LogP contribution < -0.4 is 15.8 Å². The molecule has 0 heterocycles. The summed E-state index contributed by atoms with van der Waals surface area (Å²) in [6, 6.07) is 9.73. The first-order valence-electron chi connectivity index (χ1n) is 7.78. The summed E-state index contributed by atoms with van der Waals surface area (Å²) in [5.41, 5.74) is 8.84. The molecule has 4 nitrogen and oxygen atoms in total. The molecule has 1 amide bonds. The Balaban J connectivity index is 1.60. The predicted molar refractivity (Wildman–Crippen MR) is 91.6 cm³/mol. The first-order valence-corrected chi connectivity index (χ1v) is 8.16. The number of carbonyl (C=O) groups excluding carboxylic acids is 1. The lowest BCUT2D eigenvalue weighted by Crippen LogP contribution is -2.34. The molecule has 0 spiro atoms. The normalized spacial score (nSPS) is 16.3. The Kier molecular flexibility index (Phi) is 4.90. The lowest BCUT2D eigenvalue weighted by molar-refractivity contribution is -0.123. The highest BCUT2D eigenvalue weighted by Gasteiger charge is 2.22. The second-order valence-electron chi connectivity index (χ2n) is 5.84. The van der Waals surface area contributed by atoms with Crippen LogP contribution in [0, 0.1) is 5.82 Å². The van der Waals surface area contributed by atoms with Crippen LogP contribution in [0.15, 0.2) is 36.4 Å². The van der Waals surface area contributed by atoms with Gasteiger partial charge in [-0.1, -0.05) is 17.7 Å². The average Bonchev–Trinajstić information content (AvgIpc) is 2.56. The summed E-state index contributed by atoms with van der Waals surface area (Å²) in [4.78, 5) is 12.1. The van der Waals surface area contributed by atoms with Crippen molar-refractivity contribution in [2.75, 3.05) is 12.3 Å². The lowest BCUT2D eigenvalue weighted by atomic mass is 9.87. The first-order chi connectivity index (χ1) is 11.5. The van der Waals surface area contributed by atoms with Crippen LogP contribution in [0.5, 0.6) is 5.75 Å². The Morgan fingerprint density at radius 3 is 2.96 bits per heavy atom. The van der Waals surface area contributed by atoms with E-state index >= 15 is 0 Å². The van der Waals surface area contributed by atoms with Crippen molar-refractivity contribution in [2.45, 2.75) is 25.3 Å². The number of anilines is 1. The van der Waals surface area contributed by atoms with Crippen LogP contribution in [0.2, 0.25) is 5.02 Å². The van der Waals surface area contributed by atoms with Gasteiger partial charge in [-0.3, -0.25) is 4.79 Å². The van der Waals surface area contributed by atoms with Gasteiger partial charge in [-0.05, 0) is 54.7 Å². The number of hydrogen-bond acceptors (Lipinski definition) is 3. The van der Waals surface area contributed by atoms with E-state index in [9.17, 15) is 9.18 Å². The highest BCUT2D eigenvalue weighted by atomic mass is 35.5. The molecule has 1 aliphatic rings. The number of aryl methyl sites for hydroxylation is 1. The molecule has 2 aromatic carbocycles. The van der Waals surface area contributed by atoms with Crippen LogP contribution in [-0.4, -0.2) is 12.5 Å². The smallest absolute Gasteiger partial charge is 0.258 e. The van der Waals surface area contributed by atoms with E-state index in [0.717, 1.165) is 30.5 Å². The zero-order valence-electron chi connectivity index (χ0n) is 13.0. The second kappa shape index (κ2) is 7.09. The van der Waals surface area contributed by atoms with Gasteiger partial charge >= 0.3 is 0 Å². The Hall–Kier alpha value is -2.27. The van der Waals surface area contributed by atoms with E-state index in [-0.39, 0.29) is 23.6 Å². The molecule has 3 N–H and O–H groups in total. The molecule has 3 rings (SSSR count). The van der Waals surface area contributed by atoms with Crippen molar-refractivity contribution < 1.29 is 13.9 Å². The fourth-order valence-corrected chi connectivity index (χ4v) is 3.11. The summed E-state index contributed by atoms with van der Waals surface area (Å²) in [7, 11) is 0. The Morgan fingerprint density at radius 2 is 2.17 bits per heavy atom. The number of nitrogens with one attached hydrogen (secondary N) is 1. The topological polar surface area (TPSA) is 64.3 Å². The summed E-state index contributed by atoms with van der Waals surface area (Å²) in [5.74, 6) is -0.398. The van der Waals surface area contributed by atoms with E-state index in [1.165, 1.54) is 23.8 Å². The number of halogens is 2. The first kappa shape index (κ1) is 16.6. The van der Waals surface area contributed by atoms with E-state index in [2.05, 4.69) is 5.32 Å². The van der Waals surface area contributed by atoms with Gasteiger partial charge in [0.25, 0.3) is 5.91 Å². The molecule has 0 aromatic heterocycles. The summed E-state index contributed by atoms with van der Waals surface area (Å²) in [5, 5.41) is 2.94. The van der Waals surface area contributed by atoms with Gasteiger partial charge in [-0.15, -0.1) is 0 Å². The average molecular weight is 349 g/mol. The summed E-state index contributed by atoms with van der Waals surface area (Å²) >= 11 is 5.69. The quantitative estimate of drug-likeness (QED) is 0.829. The zero-order valence-corrected chi connectivity index (χ0v) is 13.8. The Bertz CT molecular complexity index is 767. The number of ether oxygens (including phenoxy) is 1. The van der Waals surface area contributed by atoms with Crippen molar-refractivity contribution in [2.24, 2.45) is 0 Å². The maximum atomic E-state index is 13.1. The molecule has 0 saturated carbocycles. The molecule has 0 aliphatic heterocycles. The van der Waals surface area contributed by atoms with Crippen molar-refractivity contribution in [1.82, 2.24) is 5.32 Å². The highest BCUT2D eigenvalue weighted by Crippen LogP contribution is 2.31. The zero-order chi connectivity index (χ0) is 17.1. The van der Waals surface area contributed by atoms with E-state index in [1.807, 2.05) is 18.2 Å². The van der Waals surface area contributed by atoms with Crippen LogP contribution in [0.1, 0.15) is 30.0 Å². The predicted octanol–water partition coefficient (Wildman–Crippen LogP) is 3.63. The Morgan fingerprint density at radius 1 is 1.33 bits per heavy atom. The van der Waals surface area contributed by atoms with Crippen molar-refractivity contribution >= 4 is 23.2 Å². The molecular weight excluding hydrogens is 331 g/mol. The molecule has 0 bridgehead atoms. The van der Waals surface area contributed by atoms with Gasteiger partial charge in [0, 0.05) is 11.8 Å². The van der Waals surface area contributed by atoms with E-state index in [4.69, 9.17) is 22.1 Å². The fraction of sp³-hybridized carbons (Fsp3) is 0.278. The molecule has 0 radical (unpaired) electrons. The largest absolute Gasteiger partial charge is 0.484 e. The number of nitrogen functional groups attached to an aromatic ring is 1. The number of fused-ring (bicyclic) bond motifs is 1. The number of carbonyl (C=O) groups is 1. The van der Waals surface area contributed by atoms with Gasteiger partial charge in [-0.25, -0.2) is 4.39 Å². The molecule has 0 saturated heterocycles. The standard InChI is InChI=1S/C18H18ClFN2O2/c19-15-9-13(5-7-16(15)20)24-10-18(23)22-17-3-1-2-11-8-12(21)4-6-14(11)17/h4-9,17H,1-3,10,21H2,(H,22,23). The Labute approximate surface area is 144 Å². The molecular formula is C18H18ClFN2O2. The highest BCUT2D eigenvalue weighted by molar-refractivity contribution is 6.30. The summed E-state index contributed by atoms with van der Waals surface area (Å²) in [6.07, 6.45) is 2.85. The van der Waals surface area contributed by atoms with Crippen molar-refractivity contribution in [3.63, 3.8) is 0 Å². The number of amides is 1. The summed E-state index contributed by atoms with van der Waals surface area (Å²) in [6.45, 7) is -0.150. The van der Waals surface area contributed by atoms with Crippen LogP contribution in [0.25, 0.3) is 0 Å². The third-order valence-electron chi connectivity index (χ3n) is 4.08. The van der Waals surface area contributed by atoms with Crippen molar-refractivity contribution in [1.29, 1.82) is 0 Å². The van der Waals surface area contributed by atoms with E-state index < -0.39 is 5.82 Å². The van der Waals surface area contributed by atoms with Gasteiger partial charge in [0.15, 0.2) is 6.61 Å². The molecule has 1 atom stereocenters. The lowest BCUT2D eigenvalue weighted by Gasteiger charge is -2.26. The van der Waals surface area contributed by atoms with Gasteiger partial charge < -0.3 is 15.8 Å². The number of benzene rings is 2. The van der Waals surface area contributed by atoms with Gasteiger partial charge in [0.1, 0.15) is 11.6 Å². The maximum Gasteiger partial charge on any atom is 0.258 e. The summed E-state index contributed by atoms with van der Waals surface area (Å²) < 4.78 is 18.5. The molecule has 6 heteroatoms. The number of rotatable bonds is 4. The monoisotopic (exact) mass is 348 g/mol. The van der Waals surface area contributed by atoms with Gasteiger partial charge in [0.2, 0.25) is 0 Å². The van der Waals surface area contributed by atoms with Crippen molar-refractivity contribution in [3.8, 4) is 5.75 Å². The van der Waals surface area contributed by atoms with Crippen molar-refractivity contribution in [3.05, 3.63) is 58.4 Å². The third kappa shape index (κ3) is 3.79. The second-order valence-corrected chi connectivity index (χ2v) is 6.24. The SMILES string of the molecule is Nc1ccc2c(c1)CCCC2NC(=O)COc1ccc(F)c(Cl)c1. The molecule has 24 heavy (non-hydrogen) atoms. The maximum absolute atomic E-state index is 13.1. The molecule has 1 aliphatic carbocycles. The minimum atomic E-state index is -0.522. The number of hydrogen-bond donors (Lipinski definition) is 2. The van der Waals surface area contributed by atoms with Gasteiger partial charge in [-0.2, -0.15) is 0 Å². The third-order valence-corrected chi connectivity index (χ3v) is 4.37. The fourth-order valence-electron chi connectivity index (χ4n) is 2.94. The van der Waals surface area contributed by atoms with Crippen LogP contribution in [0.3, 0.4) is 0 Å². The molecule has 2 aromatic rings. The van der Waals surface area contributed by atoms with Crippen LogP contribution in [0.4, 0.5) is 10.1 Å². The molecule has 126 valence electrons. The van der Waals surface area contributed by atoms with E-state index in [1.54, 1.807) is 0 Å². The van der Waals surface area contributed by atoms with Crippen LogP contribution in [-0.2, 0) is 11.2 Å². The molecule has 1 unspecified atom stereocenters. The number of nitrogens with two attached hydrogens (primary N) is 1. The van der Waals surface area contributed by atoms with Gasteiger partial charge in [0.05, 0.1) is 11.1 Å².